The van der Waals surface area contributed by atoms with E-state index >= 15 is 0 Å². The van der Waals surface area contributed by atoms with Crippen LogP contribution in [0.4, 0.5) is 15.8 Å². The second-order valence-electron chi connectivity index (χ2n) is 7.46. The lowest BCUT2D eigenvalue weighted by Crippen LogP contribution is -2.33. The standard InChI is InChI=1S/C19H21FN4O3/c1-11(25)22-7-13-8-24(19(26)27-13)12-2-3-18(17(20)6-12)23-9-15-14(4-5-21)16(15)10-23/h2-3,6,13-16H,4,7-10H2,1H3,(H,22,25)/p+1/t13-,14?,15-,16+/m0/s1. The van der Waals surface area contributed by atoms with Crippen LogP contribution in [0.1, 0.15) is 13.3 Å². The van der Waals surface area contributed by atoms with Gasteiger partial charge >= 0.3 is 6.08 Å². The number of amides is 1. The zero-order valence-corrected chi connectivity index (χ0v) is 15.1. The molecule has 1 unspecified atom stereocenters. The Bertz CT molecular complexity index is 838. The van der Waals surface area contributed by atoms with E-state index in [4.69, 9.17) is 10.00 Å². The van der Waals surface area contributed by atoms with Crippen molar-refractivity contribution in [2.75, 3.05) is 31.1 Å². The summed E-state index contributed by atoms with van der Waals surface area (Å²) in [6, 6.07) is 7.11. The summed E-state index contributed by atoms with van der Waals surface area (Å²) in [6.45, 7) is 3.59. The number of nitriles is 1. The maximum atomic E-state index is 14.7. The van der Waals surface area contributed by atoms with Crippen LogP contribution < -0.4 is 10.2 Å². The first-order valence-electron chi connectivity index (χ1n) is 9.14. The summed E-state index contributed by atoms with van der Waals surface area (Å²) in [5.74, 6) is 0.962. The SMILES string of the molecule is CC(=O)NC[C@H]1C[N+](c2ccc(N3C[C@@H]4C(CC#N)[C@@H]4C3)c(F)c2)=C(O)O1. The second kappa shape index (κ2) is 6.72. The number of piperidine rings is 1. The van der Waals surface area contributed by atoms with Gasteiger partial charge in [-0.1, -0.05) is 0 Å². The molecule has 0 aromatic heterocycles. The topological polar surface area (TPSA) is 88.6 Å². The zero-order valence-electron chi connectivity index (χ0n) is 15.1. The Labute approximate surface area is 156 Å². The number of hydrogen-bond acceptors (Lipinski definition) is 4. The van der Waals surface area contributed by atoms with Crippen molar-refractivity contribution in [2.45, 2.75) is 19.4 Å². The fraction of sp³-hybridized carbons (Fsp3) is 0.526. The largest absolute Gasteiger partial charge is 0.553 e. The molecule has 1 saturated carbocycles. The Kier molecular flexibility index (Phi) is 4.38. The number of halogens is 1. The van der Waals surface area contributed by atoms with Gasteiger partial charge in [-0.3, -0.25) is 4.79 Å². The van der Waals surface area contributed by atoms with E-state index in [0.29, 0.717) is 42.1 Å². The Morgan fingerprint density at radius 1 is 1.48 bits per heavy atom. The third-order valence-corrected chi connectivity index (χ3v) is 5.75. The van der Waals surface area contributed by atoms with E-state index in [1.807, 2.05) is 4.90 Å². The molecule has 2 heterocycles. The molecule has 1 saturated heterocycles. The van der Waals surface area contributed by atoms with E-state index in [9.17, 15) is 14.3 Å². The van der Waals surface area contributed by atoms with Crippen LogP contribution in [0.15, 0.2) is 18.2 Å². The number of fused-ring (bicyclic) bond motifs is 1. The predicted octanol–water partition coefficient (Wildman–Crippen LogP) is 1.51. The number of benzene rings is 1. The number of aliphatic hydroxyl groups is 1. The predicted molar refractivity (Wildman–Crippen MR) is 95.3 cm³/mol. The summed E-state index contributed by atoms with van der Waals surface area (Å²) in [5, 5.41) is 21.5. The highest BCUT2D eigenvalue weighted by molar-refractivity contribution is 5.73. The van der Waals surface area contributed by atoms with Gasteiger partial charge in [-0.25, -0.2) is 4.39 Å². The molecule has 4 atom stereocenters. The van der Waals surface area contributed by atoms with Crippen molar-refractivity contribution in [3.8, 4) is 6.07 Å². The van der Waals surface area contributed by atoms with Gasteiger partial charge in [0.2, 0.25) is 11.6 Å². The van der Waals surface area contributed by atoms with E-state index < -0.39 is 0 Å². The van der Waals surface area contributed by atoms with Crippen LogP contribution in [-0.4, -0.2) is 54.0 Å². The molecule has 0 spiro atoms. The summed E-state index contributed by atoms with van der Waals surface area (Å²) in [5.41, 5.74) is 1.06. The molecular weight excluding hydrogens is 351 g/mol. The molecule has 0 radical (unpaired) electrons. The van der Waals surface area contributed by atoms with Gasteiger partial charge < -0.3 is 20.1 Å². The molecule has 2 fully saturated rings. The Hall–Kier alpha value is -2.82. The molecule has 27 heavy (non-hydrogen) atoms. The number of nitrogens with one attached hydrogen (secondary N) is 1. The lowest BCUT2D eigenvalue weighted by Gasteiger charge is -2.22. The number of ether oxygens (including phenoxy) is 1. The van der Waals surface area contributed by atoms with Gasteiger partial charge in [0.25, 0.3) is 0 Å². The van der Waals surface area contributed by atoms with Crippen LogP contribution in [-0.2, 0) is 9.53 Å². The maximum absolute atomic E-state index is 14.7. The van der Waals surface area contributed by atoms with Crippen LogP contribution in [0.2, 0.25) is 0 Å². The van der Waals surface area contributed by atoms with Crippen LogP contribution in [0.5, 0.6) is 0 Å². The molecule has 7 nitrogen and oxygen atoms in total. The van der Waals surface area contributed by atoms with E-state index in [0.717, 1.165) is 13.1 Å². The van der Waals surface area contributed by atoms with Crippen LogP contribution in [0.3, 0.4) is 0 Å². The Morgan fingerprint density at radius 2 is 2.22 bits per heavy atom. The van der Waals surface area contributed by atoms with Crippen molar-refractivity contribution in [3.63, 3.8) is 0 Å². The minimum Gasteiger partial charge on any atom is -0.430 e. The first kappa shape index (κ1) is 17.6. The number of rotatable bonds is 5. The average Bonchev–Trinajstić information content (AvgIpc) is 2.98. The molecule has 142 valence electrons. The number of nitrogens with zero attached hydrogens (tertiary/aromatic N) is 3. The summed E-state index contributed by atoms with van der Waals surface area (Å²) in [4.78, 5) is 13.0. The molecule has 0 bridgehead atoms. The van der Waals surface area contributed by atoms with Crippen molar-refractivity contribution < 1.29 is 23.6 Å². The van der Waals surface area contributed by atoms with Crippen LogP contribution >= 0.6 is 0 Å². The number of hydrogen-bond donors (Lipinski definition) is 2. The molecule has 4 rings (SSSR count). The highest BCUT2D eigenvalue weighted by Crippen LogP contribution is 2.54. The first-order chi connectivity index (χ1) is 13.0. The summed E-state index contributed by atoms with van der Waals surface area (Å²) >= 11 is 0. The molecule has 2 aliphatic heterocycles. The molecule has 1 aromatic carbocycles. The van der Waals surface area contributed by atoms with Crippen LogP contribution in [0, 0.1) is 34.9 Å². The lowest BCUT2D eigenvalue weighted by atomic mass is 10.2. The number of carbonyl (C=O) groups is 1. The summed E-state index contributed by atoms with van der Waals surface area (Å²) in [6.07, 6.45) is -0.0902. The van der Waals surface area contributed by atoms with Gasteiger partial charge in [-0.15, -0.1) is 4.58 Å². The highest BCUT2D eigenvalue weighted by Gasteiger charge is 2.55. The maximum Gasteiger partial charge on any atom is 0.553 e. The minimum atomic E-state index is -0.389. The lowest BCUT2D eigenvalue weighted by molar-refractivity contribution is -0.441. The normalized spacial score (nSPS) is 28.6. The quantitative estimate of drug-likeness (QED) is 0.764. The smallest absolute Gasteiger partial charge is 0.430 e. The van der Waals surface area contributed by atoms with Gasteiger partial charge in [0.05, 0.1) is 18.3 Å². The van der Waals surface area contributed by atoms with Crippen molar-refractivity contribution in [3.05, 3.63) is 24.0 Å². The van der Waals surface area contributed by atoms with Crippen molar-refractivity contribution in [2.24, 2.45) is 17.8 Å². The average molecular weight is 373 g/mol. The summed E-state index contributed by atoms with van der Waals surface area (Å²) in [7, 11) is 0. The Balaban J connectivity index is 1.42. The van der Waals surface area contributed by atoms with Crippen molar-refractivity contribution in [1.29, 1.82) is 5.26 Å². The monoisotopic (exact) mass is 373 g/mol. The molecule has 8 heteroatoms. The molecule has 2 N–H and O–H groups in total. The molecule has 3 aliphatic rings. The Morgan fingerprint density at radius 3 is 2.85 bits per heavy atom. The van der Waals surface area contributed by atoms with Gasteiger partial charge in [0, 0.05) is 38.6 Å². The van der Waals surface area contributed by atoms with E-state index in [1.54, 1.807) is 12.1 Å². The fourth-order valence-corrected chi connectivity index (χ4v) is 4.29. The molecule has 1 aromatic rings. The third kappa shape index (κ3) is 3.29. The second-order valence-corrected chi connectivity index (χ2v) is 7.46. The van der Waals surface area contributed by atoms with E-state index in [1.165, 1.54) is 17.6 Å². The van der Waals surface area contributed by atoms with Crippen LogP contribution in [0.25, 0.3) is 0 Å². The van der Waals surface area contributed by atoms with Crippen molar-refractivity contribution >= 4 is 23.4 Å². The van der Waals surface area contributed by atoms with Gasteiger partial charge in [0.15, 0.2) is 18.5 Å². The first-order valence-corrected chi connectivity index (χ1v) is 9.14. The molecular formula is C19H22FN4O3+. The molecule has 1 amide bonds. The van der Waals surface area contributed by atoms with Gasteiger partial charge in [0.1, 0.15) is 0 Å². The molecule has 1 aliphatic carbocycles. The van der Waals surface area contributed by atoms with E-state index in [-0.39, 0.29) is 30.5 Å². The van der Waals surface area contributed by atoms with Gasteiger partial charge in [-0.2, -0.15) is 5.26 Å². The number of anilines is 1. The number of carbonyl (C=O) groups excluding carboxylic acids is 1. The summed E-state index contributed by atoms with van der Waals surface area (Å²) < 4.78 is 21.5. The van der Waals surface area contributed by atoms with E-state index in [2.05, 4.69) is 11.4 Å². The zero-order chi connectivity index (χ0) is 19.1. The van der Waals surface area contributed by atoms with Crippen molar-refractivity contribution in [1.82, 2.24) is 5.32 Å². The highest BCUT2D eigenvalue weighted by atomic mass is 19.1. The minimum absolute atomic E-state index is 0.174. The third-order valence-electron chi connectivity index (χ3n) is 5.75. The number of aliphatic hydroxyl groups excluding tert-OH is 1. The fourth-order valence-electron chi connectivity index (χ4n) is 4.29. The van der Waals surface area contributed by atoms with Gasteiger partial charge in [-0.05, 0) is 23.8 Å².